The summed E-state index contributed by atoms with van der Waals surface area (Å²) in [6, 6.07) is 7.99. The van der Waals surface area contributed by atoms with Gasteiger partial charge in [0.25, 0.3) is 5.91 Å². The summed E-state index contributed by atoms with van der Waals surface area (Å²) in [6.07, 6.45) is 1.65. The Labute approximate surface area is 117 Å². The molecule has 4 nitrogen and oxygen atoms in total. The third kappa shape index (κ3) is 3.32. The van der Waals surface area contributed by atoms with Gasteiger partial charge in [0.2, 0.25) is 0 Å². The Hall–Kier alpha value is -1.88. The number of nitrogens with one attached hydrogen (secondary N) is 1. The standard InChI is InChI=1S/C14H17N3OS/c1-10(13-5-4-8-19-13)16-11-6-7-15-12(9-11)14(18)17(2)3/h4-10H,1-3H3,(H,15,16). The molecule has 0 spiro atoms. The van der Waals surface area contributed by atoms with Crippen LogP contribution in [-0.2, 0) is 0 Å². The topological polar surface area (TPSA) is 45.2 Å². The summed E-state index contributed by atoms with van der Waals surface area (Å²) in [5.74, 6) is -0.0903. The maximum Gasteiger partial charge on any atom is 0.272 e. The molecule has 0 saturated carbocycles. The van der Waals surface area contributed by atoms with Crippen molar-refractivity contribution >= 4 is 22.9 Å². The number of nitrogens with zero attached hydrogens (tertiary/aromatic N) is 2. The molecule has 0 fully saturated rings. The summed E-state index contributed by atoms with van der Waals surface area (Å²) >= 11 is 1.71. The molecule has 19 heavy (non-hydrogen) atoms. The molecule has 0 radical (unpaired) electrons. The summed E-state index contributed by atoms with van der Waals surface area (Å²) in [5.41, 5.74) is 1.36. The normalized spacial score (nSPS) is 11.9. The van der Waals surface area contributed by atoms with E-state index in [0.29, 0.717) is 5.69 Å². The van der Waals surface area contributed by atoms with Gasteiger partial charge >= 0.3 is 0 Å². The minimum Gasteiger partial charge on any atom is -0.378 e. The molecular weight excluding hydrogens is 258 g/mol. The van der Waals surface area contributed by atoms with Gasteiger partial charge in [0.1, 0.15) is 5.69 Å². The van der Waals surface area contributed by atoms with Crippen molar-refractivity contribution in [1.29, 1.82) is 0 Å². The Morgan fingerprint density at radius 2 is 2.21 bits per heavy atom. The van der Waals surface area contributed by atoms with Crippen LogP contribution in [0.15, 0.2) is 35.8 Å². The molecule has 1 atom stereocenters. The van der Waals surface area contributed by atoms with E-state index >= 15 is 0 Å². The van der Waals surface area contributed by atoms with E-state index in [-0.39, 0.29) is 11.9 Å². The van der Waals surface area contributed by atoms with Crippen molar-refractivity contribution in [3.8, 4) is 0 Å². The van der Waals surface area contributed by atoms with Gasteiger partial charge in [-0.3, -0.25) is 9.78 Å². The number of pyridine rings is 1. The molecule has 100 valence electrons. The number of thiophene rings is 1. The third-order valence-corrected chi connectivity index (χ3v) is 3.79. The average Bonchev–Trinajstić information content (AvgIpc) is 2.92. The van der Waals surface area contributed by atoms with E-state index in [1.807, 2.05) is 12.1 Å². The van der Waals surface area contributed by atoms with Crippen molar-refractivity contribution in [2.75, 3.05) is 19.4 Å². The zero-order valence-corrected chi connectivity index (χ0v) is 12.1. The number of anilines is 1. The fourth-order valence-corrected chi connectivity index (χ4v) is 2.46. The summed E-state index contributed by atoms with van der Waals surface area (Å²) < 4.78 is 0. The Morgan fingerprint density at radius 3 is 2.84 bits per heavy atom. The number of hydrogen-bond acceptors (Lipinski definition) is 4. The number of rotatable bonds is 4. The molecular formula is C14H17N3OS. The lowest BCUT2D eigenvalue weighted by Gasteiger charge is -2.15. The number of carbonyl (C=O) groups excluding carboxylic acids is 1. The molecule has 1 unspecified atom stereocenters. The lowest BCUT2D eigenvalue weighted by atomic mass is 10.2. The molecule has 1 N–H and O–H groups in total. The highest BCUT2D eigenvalue weighted by molar-refractivity contribution is 7.10. The fraction of sp³-hybridized carbons (Fsp3) is 0.286. The first-order chi connectivity index (χ1) is 9.08. The quantitative estimate of drug-likeness (QED) is 0.933. The molecule has 1 amide bonds. The molecule has 0 saturated heterocycles. The number of amides is 1. The molecule has 0 aliphatic heterocycles. The zero-order chi connectivity index (χ0) is 13.8. The molecule has 0 aromatic carbocycles. The molecule has 0 bridgehead atoms. The van der Waals surface area contributed by atoms with Gasteiger partial charge in [-0.2, -0.15) is 0 Å². The van der Waals surface area contributed by atoms with Crippen molar-refractivity contribution in [3.63, 3.8) is 0 Å². The maximum atomic E-state index is 11.8. The lowest BCUT2D eigenvalue weighted by Crippen LogP contribution is -2.22. The zero-order valence-electron chi connectivity index (χ0n) is 11.3. The van der Waals surface area contributed by atoms with Crippen LogP contribution in [0.1, 0.15) is 28.3 Å². The van der Waals surface area contributed by atoms with Crippen molar-refractivity contribution in [1.82, 2.24) is 9.88 Å². The van der Waals surface area contributed by atoms with E-state index in [4.69, 9.17) is 0 Å². The van der Waals surface area contributed by atoms with Gasteiger partial charge in [-0.05, 0) is 30.5 Å². The first kappa shape index (κ1) is 13.5. The van der Waals surface area contributed by atoms with Crippen LogP contribution in [0, 0.1) is 0 Å². The van der Waals surface area contributed by atoms with E-state index < -0.39 is 0 Å². The predicted molar refractivity (Wildman–Crippen MR) is 78.6 cm³/mol. The maximum absolute atomic E-state index is 11.8. The highest BCUT2D eigenvalue weighted by Crippen LogP contribution is 2.23. The molecule has 2 heterocycles. The van der Waals surface area contributed by atoms with Crippen LogP contribution in [-0.4, -0.2) is 29.9 Å². The smallest absolute Gasteiger partial charge is 0.272 e. The van der Waals surface area contributed by atoms with Crippen LogP contribution in [0.3, 0.4) is 0 Å². The summed E-state index contributed by atoms with van der Waals surface area (Å²) in [5, 5.41) is 5.43. The monoisotopic (exact) mass is 275 g/mol. The molecule has 2 rings (SSSR count). The molecule has 2 aromatic heterocycles. The largest absolute Gasteiger partial charge is 0.378 e. The van der Waals surface area contributed by atoms with Gasteiger partial charge in [-0.1, -0.05) is 6.07 Å². The minimum atomic E-state index is -0.0903. The van der Waals surface area contributed by atoms with E-state index in [1.165, 1.54) is 9.78 Å². The first-order valence-electron chi connectivity index (χ1n) is 6.05. The van der Waals surface area contributed by atoms with Gasteiger partial charge in [-0.25, -0.2) is 0 Å². The van der Waals surface area contributed by atoms with Crippen LogP contribution < -0.4 is 5.32 Å². The van der Waals surface area contributed by atoms with Crippen molar-refractivity contribution in [2.24, 2.45) is 0 Å². The van der Waals surface area contributed by atoms with Gasteiger partial charge in [0.05, 0.1) is 6.04 Å². The van der Waals surface area contributed by atoms with Crippen LogP contribution in [0.5, 0.6) is 0 Å². The number of carbonyl (C=O) groups is 1. The van der Waals surface area contributed by atoms with Gasteiger partial charge < -0.3 is 10.2 Å². The molecule has 0 aliphatic carbocycles. The summed E-state index contributed by atoms with van der Waals surface area (Å²) in [4.78, 5) is 18.7. The molecule has 2 aromatic rings. The first-order valence-corrected chi connectivity index (χ1v) is 6.93. The number of hydrogen-bond donors (Lipinski definition) is 1. The Balaban J connectivity index is 2.13. The highest BCUT2D eigenvalue weighted by Gasteiger charge is 2.11. The second kappa shape index (κ2) is 5.84. The SMILES string of the molecule is CC(Nc1ccnc(C(=O)N(C)C)c1)c1cccs1. The van der Waals surface area contributed by atoms with Gasteiger partial charge in [0, 0.05) is 30.9 Å². The molecule has 0 aliphatic rings. The Bertz CT molecular complexity index is 552. The van der Waals surface area contributed by atoms with Crippen LogP contribution in [0.25, 0.3) is 0 Å². The van der Waals surface area contributed by atoms with Crippen LogP contribution in [0.4, 0.5) is 5.69 Å². The third-order valence-electron chi connectivity index (χ3n) is 2.74. The van der Waals surface area contributed by atoms with Crippen LogP contribution >= 0.6 is 11.3 Å². The van der Waals surface area contributed by atoms with Crippen molar-refractivity contribution < 1.29 is 4.79 Å². The van der Waals surface area contributed by atoms with E-state index in [9.17, 15) is 4.79 Å². The second-order valence-corrected chi connectivity index (χ2v) is 5.49. The molecule has 5 heteroatoms. The number of aromatic nitrogens is 1. The Kier molecular flexibility index (Phi) is 4.16. The highest BCUT2D eigenvalue weighted by atomic mass is 32.1. The summed E-state index contributed by atoms with van der Waals surface area (Å²) in [6.45, 7) is 2.10. The van der Waals surface area contributed by atoms with Crippen LogP contribution in [0.2, 0.25) is 0 Å². The Morgan fingerprint density at radius 1 is 1.42 bits per heavy atom. The fourth-order valence-electron chi connectivity index (χ4n) is 1.73. The van der Waals surface area contributed by atoms with E-state index in [0.717, 1.165) is 5.69 Å². The minimum absolute atomic E-state index is 0.0903. The van der Waals surface area contributed by atoms with Crippen molar-refractivity contribution in [2.45, 2.75) is 13.0 Å². The van der Waals surface area contributed by atoms with Crippen molar-refractivity contribution in [3.05, 3.63) is 46.4 Å². The second-order valence-electron chi connectivity index (χ2n) is 4.51. The predicted octanol–water partition coefficient (Wildman–Crippen LogP) is 3.02. The average molecular weight is 275 g/mol. The van der Waals surface area contributed by atoms with Gasteiger partial charge in [-0.15, -0.1) is 11.3 Å². The van der Waals surface area contributed by atoms with E-state index in [1.54, 1.807) is 37.7 Å². The van der Waals surface area contributed by atoms with E-state index in [2.05, 4.69) is 28.7 Å². The van der Waals surface area contributed by atoms with Gasteiger partial charge in [0.15, 0.2) is 0 Å². The lowest BCUT2D eigenvalue weighted by molar-refractivity contribution is 0.0822. The summed E-state index contributed by atoms with van der Waals surface area (Å²) in [7, 11) is 3.44.